The number of hydrogen-bond donors (Lipinski definition) is 2. The number of hydrogen-bond acceptors (Lipinski definition) is 3. The Hall–Kier alpha value is -0.610. The van der Waals surface area contributed by atoms with Gasteiger partial charge < -0.3 is 5.73 Å². The molecule has 0 bridgehead atoms. The molecular weight excluding hydrogens is 214 g/mol. The van der Waals surface area contributed by atoms with Gasteiger partial charge in [0.15, 0.2) is 0 Å². The van der Waals surface area contributed by atoms with Crippen molar-refractivity contribution in [3.63, 3.8) is 0 Å². The van der Waals surface area contributed by atoms with E-state index in [1.54, 1.807) is 0 Å². The predicted molar refractivity (Wildman–Crippen MR) is 70.2 cm³/mol. The van der Waals surface area contributed by atoms with Crippen molar-refractivity contribution in [1.29, 1.82) is 0 Å². The maximum atomic E-state index is 12.1. The van der Waals surface area contributed by atoms with Gasteiger partial charge in [-0.15, -0.1) is 0 Å². The highest BCUT2D eigenvalue weighted by Gasteiger charge is 2.32. The third-order valence-corrected chi connectivity index (χ3v) is 3.65. The Morgan fingerprint density at radius 3 is 2.18 bits per heavy atom. The van der Waals surface area contributed by atoms with Gasteiger partial charge in [0, 0.05) is 12.1 Å². The van der Waals surface area contributed by atoms with E-state index in [9.17, 15) is 4.79 Å². The normalized spacial score (nSPS) is 28.8. The van der Waals surface area contributed by atoms with Crippen molar-refractivity contribution in [2.45, 2.75) is 72.0 Å². The molecule has 1 heterocycles. The third-order valence-electron chi connectivity index (χ3n) is 3.65. The van der Waals surface area contributed by atoms with Crippen molar-refractivity contribution in [1.82, 2.24) is 10.4 Å². The summed E-state index contributed by atoms with van der Waals surface area (Å²) in [5.74, 6) is -0.0712. The summed E-state index contributed by atoms with van der Waals surface area (Å²) < 4.78 is 0. The second-order valence-electron chi connectivity index (χ2n) is 6.36. The fourth-order valence-electron chi connectivity index (χ4n) is 2.23. The summed E-state index contributed by atoms with van der Waals surface area (Å²) >= 11 is 0. The minimum absolute atomic E-state index is 0.0712. The van der Waals surface area contributed by atoms with Gasteiger partial charge in [-0.3, -0.25) is 10.2 Å². The molecule has 3 N–H and O–H groups in total. The van der Waals surface area contributed by atoms with Crippen LogP contribution in [0.25, 0.3) is 0 Å². The van der Waals surface area contributed by atoms with Crippen LogP contribution in [0.2, 0.25) is 0 Å². The topological polar surface area (TPSA) is 58.4 Å². The van der Waals surface area contributed by atoms with Crippen LogP contribution in [0.5, 0.6) is 0 Å². The highest BCUT2D eigenvalue weighted by Crippen LogP contribution is 2.22. The number of nitrogens with zero attached hydrogens (tertiary/aromatic N) is 1. The van der Waals surface area contributed by atoms with Gasteiger partial charge >= 0.3 is 0 Å². The molecule has 0 aromatic heterocycles. The van der Waals surface area contributed by atoms with Crippen molar-refractivity contribution in [3.05, 3.63) is 0 Å². The molecular formula is C13H27N3O. The van der Waals surface area contributed by atoms with Gasteiger partial charge in [-0.1, -0.05) is 27.2 Å². The van der Waals surface area contributed by atoms with Gasteiger partial charge in [0.2, 0.25) is 0 Å². The average molecular weight is 241 g/mol. The second-order valence-corrected chi connectivity index (χ2v) is 6.36. The van der Waals surface area contributed by atoms with Gasteiger partial charge in [0.25, 0.3) is 5.91 Å². The largest absolute Gasteiger partial charge is 0.319 e. The first-order chi connectivity index (χ1) is 7.73. The SMILES string of the molecule is CC1CCCC(C)N1NC(=O)C(N)C(C)(C)C. The summed E-state index contributed by atoms with van der Waals surface area (Å²) in [6.45, 7) is 10.3. The Morgan fingerprint density at radius 1 is 1.29 bits per heavy atom. The molecule has 0 aromatic rings. The molecule has 100 valence electrons. The van der Waals surface area contributed by atoms with Gasteiger partial charge in [-0.05, 0) is 32.1 Å². The van der Waals surface area contributed by atoms with Crippen LogP contribution in [-0.2, 0) is 4.79 Å². The van der Waals surface area contributed by atoms with Crippen molar-refractivity contribution in [2.24, 2.45) is 11.1 Å². The number of carbonyl (C=O) groups is 1. The van der Waals surface area contributed by atoms with Crippen LogP contribution in [0.15, 0.2) is 0 Å². The summed E-state index contributed by atoms with van der Waals surface area (Å²) in [5, 5.41) is 2.07. The van der Waals surface area contributed by atoms with Crippen LogP contribution >= 0.6 is 0 Å². The van der Waals surface area contributed by atoms with Crippen molar-refractivity contribution >= 4 is 5.91 Å². The predicted octanol–water partition coefficient (Wildman–Crippen LogP) is 1.65. The van der Waals surface area contributed by atoms with Crippen LogP contribution in [-0.4, -0.2) is 29.0 Å². The van der Waals surface area contributed by atoms with Crippen LogP contribution in [0.4, 0.5) is 0 Å². The van der Waals surface area contributed by atoms with E-state index < -0.39 is 6.04 Å². The van der Waals surface area contributed by atoms with Crippen LogP contribution in [0.1, 0.15) is 53.9 Å². The monoisotopic (exact) mass is 241 g/mol. The van der Waals surface area contributed by atoms with E-state index >= 15 is 0 Å². The zero-order valence-corrected chi connectivity index (χ0v) is 11.8. The maximum Gasteiger partial charge on any atom is 0.251 e. The molecule has 0 aliphatic carbocycles. The first kappa shape index (κ1) is 14.5. The Labute approximate surface area is 105 Å². The lowest BCUT2D eigenvalue weighted by atomic mass is 9.87. The lowest BCUT2D eigenvalue weighted by Crippen LogP contribution is -2.59. The first-order valence-corrected chi connectivity index (χ1v) is 6.58. The molecule has 0 spiro atoms. The van der Waals surface area contributed by atoms with E-state index in [0.717, 1.165) is 12.8 Å². The summed E-state index contributed by atoms with van der Waals surface area (Å²) in [4.78, 5) is 12.1. The number of nitrogens with one attached hydrogen (secondary N) is 1. The zero-order valence-electron chi connectivity index (χ0n) is 11.8. The molecule has 4 heteroatoms. The number of hydrazine groups is 1. The highest BCUT2D eigenvalue weighted by molar-refractivity contribution is 5.81. The van der Waals surface area contributed by atoms with E-state index in [1.807, 2.05) is 20.8 Å². The van der Waals surface area contributed by atoms with Crippen molar-refractivity contribution in [2.75, 3.05) is 0 Å². The zero-order chi connectivity index (χ0) is 13.2. The molecule has 0 aromatic carbocycles. The summed E-state index contributed by atoms with van der Waals surface area (Å²) in [5.41, 5.74) is 8.76. The van der Waals surface area contributed by atoms with Gasteiger partial charge in [-0.2, -0.15) is 0 Å². The van der Waals surface area contributed by atoms with E-state index in [4.69, 9.17) is 5.73 Å². The lowest BCUT2D eigenvalue weighted by Gasteiger charge is -2.40. The fraction of sp³-hybridized carbons (Fsp3) is 0.923. The highest BCUT2D eigenvalue weighted by atomic mass is 16.2. The molecule has 3 atom stereocenters. The van der Waals surface area contributed by atoms with Crippen LogP contribution in [0.3, 0.4) is 0 Å². The molecule has 1 aliphatic heterocycles. The molecule has 1 saturated heterocycles. The molecule has 3 unspecified atom stereocenters. The number of rotatable bonds is 2. The summed E-state index contributed by atoms with van der Waals surface area (Å²) in [7, 11) is 0. The minimum Gasteiger partial charge on any atom is -0.319 e. The molecule has 17 heavy (non-hydrogen) atoms. The van der Waals surface area contributed by atoms with Crippen LogP contribution < -0.4 is 11.2 Å². The number of amides is 1. The number of piperidine rings is 1. The van der Waals surface area contributed by atoms with Crippen LogP contribution in [0, 0.1) is 5.41 Å². The van der Waals surface area contributed by atoms with Gasteiger partial charge in [-0.25, -0.2) is 5.01 Å². The smallest absolute Gasteiger partial charge is 0.251 e. The van der Waals surface area contributed by atoms with E-state index in [-0.39, 0.29) is 11.3 Å². The third kappa shape index (κ3) is 3.68. The van der Waals surface area contributed by atoms with Crippen molar-refractivity contribution in [3.8, 4) is 0 Å². The number of carbonyl (C=O) groups excluding carboxylic acids is 1. The average Bonchev–Trinajstić information content (AvgIpc) is 2.21. The Kier molecular flexibility index (Phi) is 4.55. The Bertz CT molecular complexity index is 262. The molecule has 1 fully saturated rings. The van der Waals surface area contributed by atoms with Gasteiger partial charge in [0.05, 0.1) is 6.04 Å². The lowest BCUT2D eigenvalue weighted by molar-refractivity contribution is -0.132. The standard InChI is InChI=1S/C13H27N3O/c1-9-7-6-8-10(2)16(9)15-12(17)11(14)13(3,4)5/h9-11H,6-8,14H2,1-5H3,(H,15,17). The van der Waals surface area contributed by atoms with E-state index in [2.05, 4.69) is 24.3 Å². The number of nitrogens with two attached hydrogens (primary N) is 1. The van der Waals surface area contributed by atoms with E-state index in [0.29, 0.717) is 12.1 Å². The molecule has 4 nitrogen and oxygen atoms in total. The molecule has 0 radical (unpaired) electrons. The van der Waals surface area contributed by atoms with E-state index in [1.165, 1.54) is 6.42 Å². The van der Waals surface area contributed by atoms with Crippen molar-refractivity contribution < 1.29 is 4.79 Å². The molecule has 1 rings (SSSR count). The maximum absolute atomic E-state index is 12.1. The second kappa shape index (κ2) is 5.36. The molecule has 1 amide bonds. The Morgan fingerprint density at radius 2 is 1.76 bits per heavy atom. The summed E-state index contributed by atoms with van der Waals surface area (Å²) in [6.07, 6.45) is 3.50. The molecule has 0 saturated carbocycles. The first-order valence-electron chi connectivity index (χ1n) is 6.58. The minimum atomic E-state index is -0.469. The molecule has 1 aliphatic rings. The Balaban J connectivity index is 2.61. The summed E-state index contributed by atoms with van der Waals surface area (Å²) in [6, 6.07) is 0.327. The van der Waals surface area contributed by atoms with Gasteiger partial charge in [0.1, 0.15) is 0 Å². The fourth-order valence-corrected chi connectivity index (χ4v) is 2.23. The quantitative estimate of drug-likeness (QED) is 0.773.